The Morgan fingerprint density at radius 2 is 2.14 bits per heavy atom. The molecule has 1 aromatic rings. The van der Waals surface area contributed by atoms with Gasteiger partial charge in [0.2, 0.25) is 0 Å². The molecule has 2 rings (SSSR count). The van der Waals surface area contributed by atoms with Gasteiger partial charge in [-0.05, 0) is 25.0 Å². The van der Waals surface area contributed by atoms with Gasteiger partial charge in [-0.25, -0.2) is 8.42 Å². The summed E-state index contributed by atoms with van der Waals surface area (Å²) in [6, 6.07) is 3.33. The predicted octanol–water partition coefficient (Wildman–Crippen LogP) is 0.741. The molecule has 1 heterocycles. The molecule has 14 heavy (non-hydrogen) atoms. The van der Waals surface area contributed by atoms with Crippen molar-refractivity contribution in [2.24, 2.45) is 0 Å². The van der Waals surface area contributed by atoms with Crippen LogP contribution in [0.2, 0.25) is 0 Å². The van der Waals surface area contributed by atoms with E-state index in [0.717, 1.165) is 12.8 Å². The minimum Gasteiger partial charge on any atom is -0.397 e. The van der Waals surface area contributed by atoms with Crippen molar-refractivity contribution < 1.29 is 8.42 Å². The van der Waals surface area contributed by atoms with E-state index < -0.39 is 9.84 Å². The minimum atomic E-state index is -2.96. The van der Waals surface area contributed by atoms with Crippen LogP contribution in [-0.2, 0) is 15.6 Å². The Labute approximate surface area is 83.1 Å². The minimum absolute atomic E-state index is 0.0396. The first-order valence-corrected chi connectivity index (χ1v) is 6.21. The third-order valence-electron chi connectivity index (χ3n) is 2.23. The van der Waals surface area contributed by atoms with Gasteiger partial charge in [-0.15, -0.1) is 0 Å². The summed E-state index contributed by atoms with van der Waals surface area (Å²) in [6.45, 7) is 0. The summed E-state index contributed by atoms with van der Waals surface area (Å²) in [7, 11) is -2.96. The number of nitrogens with zero attached hydrogens (tertiary/aromatic N) is 1. The summed E-state index contributed by atoms with van der Waals surface area (Å²) in [5.41, 5.74) is 6.58. The van der Waals surface area contributed by atoms with E-state index in [0.29, 0.717) is 11.4 Å². The summed E-state index contributed by atoms with van der Waals surface area (Å²) in [5, 5.41) is -0.123. The smallest absolute Gasteiger partial charge is 0.158 e. The van der Waals surface area contributed by atoms with E-state index in [1.807, 2.05) is 0 Å². The third kappa shape index (κ3) is 2.04. The molecular formula is C9H12N2O2S. The van der Waals surface area contributed by atoms with Gasteiger partial charge in [0.15, 0.2) is 9.84 Å². The van der Waals surface area contributed by atoms with Gasteiger partial charge in [-0.1, -0.05) is 0 Å². The Hall–Kier alpha value is -1.10. The Bertz CT molecular complexity index is 421. The summed E-state index contributed by atoms with van der Waals surface area (Å²) >= 11 is 0. The molecule has 76 valence electrons. The van der Waals surface area contributed by atoms with Crippen LogP contribution >= 0.6 is 0 Å². The molecule has 0 atom stereocenters. The van der Waals surface area contributed by atoms with Crippen LogP contribution in [0.1, 0.15) is 18.5 Å². The Morgan fingerprint density at radius 3 is 2.64 bits per heavy atom. The molecular weight excluding hydrogens is 200 g/mol. The molecule has 1 aromatic heterocycles. The average molecular weight is 212 g/mol. The van der Waals surface area contributed by atoms with E-state index in [1.165, 1.54) is 6.20 Å². The number of sulfone groups is 1. The van der Waals surface area contributed by atoms with Gasteiger partial charge >= 0.3 is 0 Å². The zero-order valence-electron chi connectivity index (χ0n) is 7.68. The lowest BCUT2D eigenvalue weighted by atomic mass is 10.3. The van der Waals surface area contributed by atoms with Crippen LogP contribution < -0.4 is 5.73 Å². The van der Waals surface area contributed by atoms with Gasteiger partial charge in [0.1, 0.15) is 0 Å². The van der Waals surface area contributed by atoms with Gasteiger partial charge < -0.3 is 5.73 Å². The first kappa shape index (κ1) is 9.45. The van der Waals surface area contributed by atoms with Gasteiger partial charge in [0, 0.05) is 0 Å². The van der Waals surface area contributed by atoms with Crippen molar-refractivity contribution in [3.63, 3.8) is 0 Å². The van der Waals surface area contributed by atoms with Crippen LogP contribution in [0, 0.1) is 0 Å². The summed E-state index contributed by atoms with van der Waals surface area (Å²) < 4.78 is 23.2. The van der Waals surface area contributed by atoms with Crippen LogP contribution in [0.4, 0.5) is 5.69 Å². The fourth-order valence-electron chi connectivity index (χ4n) is 1.27. The van der Waals surface area contributed by atoms with Crippen molar-refractivity contribution in [2.45, 2.75) is 23.8 Å². The topological polar surface area (TPSA) is 73.1 Å². The number of nitrogen functional groups attached to an aromatic ring is 1. The van der Waals surface area contributed by atoms with Gasteiger partial charge in [0.05, 0.1) is 28.6 Å². The molecule has 0 aliphatic heterocycles. The fourth-order valence-corrected chi connectivity index (χ4v) is 2.95. The summed E-state index contributed by atoms with van der Waals surface area (Å²) in [4.78, 5) is 3.97. The Morgan fingerprint density at radius 1 is 1.43 bits per heavy atom. The molecule has 2 N–H and O–H groups in total. The molecule has 0 saturated heterocycles. The molecule has 5 heteroatoms. The normalized spacial score (nSPS) is 16.9. The molecule has 0 spiro atoms. The van der Waals surface area contributed by atoms with Crippen LogP contribution in [-0.4, -0.2) is 18.7 Å². The molecule has 0 amide bonds. The molecule has 0 bridgehead atoms. The van der Waals surface area contributed by atoms with Crippen LogP contribution in [0.5, 0.6) is 0 Å². The maximum Gasteiger partial charge on any atom is 0.158 e. The molecule has 0 unspecified atom stereocenters. The second-order valence-electron chi connectivity index (χ2n) is 3.59. The highest BCUT2D eigenvalue weighted by atomic mass is 32.2. The molecule has 0 radical (unpaired) electrons. The quantitative estimate of drug-likeness (QED) is 0.802. The third-order valence-corrected chi connectivity index (χ3v) is 4.41. The Balaban J connectivity index is 2.14. The van der Waals surface area contributed by atoms with Crippen molar-refractivity contribution in [3.8, 4) is 0 Å². The number of anilines is 1. The monoisotopic (exact) mass is 212 g/mol. The summed E-state index contributed by atoms with van der Waals surface area (Å²) in [5.74, 6) is 0.0396. The largest absolute Gasteiger partial charge is 0.397 e. The van der Waals surface area contributed by atoms with Gasteiger partial charge in [0.25, 0.3) is 0 Å². The molecule has 1 aliphatic rings. The highest BCUT2D eigenvalue weighted by Crippen LogP contribution is 2.30. The number of hydrogen-bond donors (Lipinski definition) is 1. The number of hydrogen-bond acceptors (Lipinski definition) is 4. The SMILES string of the molecule is Nc1ccc(CS(=O)(=O)C2CC2)nc1. The molecule has 1 aliphatic carbocycles. The van der Waals surface area contributed by atoms with E-state index in [-0.39, 0.29) is 11.0 Å². The zero-order valence-corrected chi connectivity index (χ0v) is 8.50. The van der Waals surface area contributed by atoms with Gasteiger partial charge in [-0.2, -0.15) is 0 Å². The second-order valence-corrected chi connectivity index (χ2v) is 5.87. The zero-order chi connectivity index (χ0) is 10.2. The Kier molecular flexibility index (Phi) is 2.19. The van der Waals surface area contributed by atoms with Crippen molar-refractivity contribution in [1.29, 1.82) is 0 Å². The van der Waals surface area contributed by atoms with Crippen molar-refractivity contribution in [2.75, 3.05) is 5.73 Å². The molecule has 1 fully saturated rings. The number of rotatable bonds is 3. The van der Waals surface area contributed by atoms with Crippen LogP contribution in [0.25, 0.3) is 0 Å². The maximum absolute atomic E-state index is 11.6. The van der Waals surface area contributed by atoms with E-state index in [2.05, 4.69) is 4.98 Å². The van der Waals surface area contributed by atoms with E-state index >= 15 is 0 Å². The summed E-state index contributed by atoms with van der Waals surface area (Å²) in [6.07, 6.45) is 3.09. The number of pyridine rings is 1. The maximum atomic E-state index is 11.6. The molecule has 0 aromatic carbocycles. The van der Waals surface area contributed by atoms with Crippen LogP contribution in [0.15, 0.2) is 18.3 Å². The van der Waals surface area contributed by atoms with Crippen molar-refractivity contribution in [1.82, 2.24) is 4.98 Å². The van der Waals surface area contributed by atoms with Crippen molar-refractivity contribution in [3.05, 3.63) is 24.0 Å². The van der Waals surface area contributed by atoms with E-state index in [1.54, 1.807) is 12.1 Å². The lowest BCUT2D eigenvalue weighted by molar-refractivity contribution is 0.593. The standard InChI is InChI=1S/C9H12N2O2S/c10-7-1-2-8(11-5-7)6-14(12,13)9-3-4-9/h1-2,5,9H,3-4,6,10H2. The molecule has 4 nitrogen and oxygen atoms in total. The predicted molar refractivity (Wildman–Crippen MR) is 54.3 cm³/mol. The van der Waals surface area contributed by atoms with E-state index in [9.17, 15) is 8.42 Å². The average Bonchev–Trinajstić information content (AvgIpc) is 2.91. The molecule has 1 saturated carbocycles. The first-order chi connectivity index (χ1) is 6.58. The fraction of sp³-hybridized carbons (Fsp3) is 0.444. The lowest BCUT2D eigenvalue weighted by Gasteiger charge is -2.01. The lowest BCUT2D eigenvalue weighted by Crippen LogP contribution is -2.10. The van der Waals surface area contributed by atoms with E-state index in [4.69, 9.17) is 5.73 Å². The van der Waals surface area contributed by atoms with Crippen LogP contribution in [0.3, 0.4) is 0 Å². The van der Waals surface area contributed by atoms with Gasteiger partial charge in [-0.3, -0.25) is 4.98 Å². The number of nitrogens with two attached hydrogens (primary N) is 1. The first-order valence-electron chi connectivity index (χ1n) is 4.50. The van der Waals surface area contributed by atoms with Crippen molar-refractivity contribution >= 4 is 15.5 Å². The highest BCUT2D eigenvalue weighted by Gasteiger charge is 2.35. The second kappa shape index (κ2) is 3.24. The highest BCUT2D eigenvalue weighted by molar-refractivity contribution is 7.91. The number of aromatic nitrogens is 1.